The van der Waals surface area contributed by atoms with E-state index in [-0.39, 0.29) is 13.0 Å². The first kappa shape index (κ1) is 56.5. The highest BCUT2D eigenvalue weighted by Gasteiger charge is 2.27. The fraction of sp³-hybridized carbons (Fsp3) is 0.872. The Labute approximate surface area is 355 Å². The van der Waals surface area contributed by atoms with E-state index >= 15 is 0 Å². The molecule has 0 rings (SSSR count). The van der Waals surface area contributed by atoms with Gasteiger partial charge in [-0.1, -0.05) is 179 Å². The minimum absolute atomic E-state index is 0.0156. The molecule has 10 nitrogen and oxygen atoms in total. The second-order valence-electron chi connectivity index (χ2n) is 16.2. The van der Waals surface area contributed by atoms with Crippen molar-refractivity contribution in [2.24, 2.45) is 5.73 Å². The van der Waals surface area contributed by atoms with E-state index in [0.29, 0.717) is 13.0 Å². The monoisotopic (exact) mass is 844 g/mol. The van der Waals surface area contributed by atoms with Gasteiger partial charge in [-0.15, -0.1) is 0 Å². The first-order chi connectivity index (χ1) is 28.2. The van der Waals surface area contributed by atoms with Crippen LogP contribution in [0.5, 0.6) is 0 Å². The number of aliphatic carboxylic acids is 1. The standard InChI is InChI=1S/C47H90NO9P/c1-3-5-7-9-11-13-15-17-19-21-22-23-24-26-28-30-32-34-36-38-40-54-41-44(42-55-58(52,53)56-43-45(48)47(50)51)57-46(49)39-37-35-33-31-29-27-25-20-18-16-14-12-10-8-6-4-2/h17,19-20,25,44-45H,3-16,18,21-24,26-43,48H2,1-2H3,(H,50,51)(H,52,53)/b19-17-,25-20-. The number of hydrogen-bond donors (Lipinski definition) is 3. The van der Waals surface area contributed by atoms with Crippen molar-refractivity contribution in [1.29, 1.82) is 0 Å². The molecular weight excluding hydrogens is 753 g/mol. The zero-order chi connectivity index (χ0) is 42.6. The molecule has 0 aliphatic carbocycles. The zero-order valence-corrected chi connectivity index (χ0v) is 38.3. The second kappa shape index (κ2) is 43.5. The highest BCUT2D eigenvalue weighted by atomic mass is 31.2. The maximum absolute atomic E-state index is 12.6. The van der Waals surface area contributed by atoms with Crippen LogP contribution in [0.3, 0.4) is 0 Å². The van der Waals surface area contributed by atoms with Crippen LogP contribution in [-0.2, 0) is 32.7 Å². The number of carboxylic acid groups (broad SMARTS) is 1. The number of ether oxygens (including phenoxy) is 2. The Morgan fingerprint density at radius 3 is 1.31 bits per heavy atom. The zero-order valence-electron chi connectivity index (χ0n) is 37.4. The summed E-state index contributed by atoms with van der Waals surface area (Å²) in [5.74, 6) is -1.78. The van der Waals surface area contributed by atoms with Crippen molar-refractivity contribution in [3.05, 3.63) is 24.3 Å². The van der Waals surface area contributed by atoms with Crippen LogP contribution in [-0.4, -0.2) is 60.5 Å². The van der Waals surface area contributed by atoms with Crippen LogP contribution in [0, 0.1) is 0 Å². The normalized spacial score (nSPS) is 14.0. The average molecular weight is 844 g/mol. The van der Waals surface area contributed by atoms with Crippen LogP contribution in [0.1, 0.15) is 226 Å². The molecule has 0 fully saturated rings. The molecule has 58 heavy (non-hydrogen) atoms. The summed E-state index contributed by atoms with van der Waals surface area (Å²) < 4.78 is 33.4. The number of phosphoric acid groups is 1. The smallest absolute Gasteiger partial charge is 0.472 e. The third kappa shape index (κ3) is 42.6. The van der Waals surface area contributed by atoms with Crippen LogP contribution in [0.15, 0.2) is 24.3 Å². The predicted octanol–water partition coefficient (Wildman–Crippen LogP) is 13.5. The predicted molar refractivity (Wildman–Crippen MR) is 240 cm³/mol. The SMILES string of the molecule is CCCCCCCC/C=C\CCCCCCCCCCCCOCC(COP(=O)(O)OCC(N)C(=O)O)OC(=O)CCCCCCC/C=C\CCCCCCCCC. The molecule has 0 bridgehead atoms. The van der Waals surface area contributed by atoms with Crippen molar-refractivity contribution < 1.29 is 42.7 Å². The van der Waals surface area contributed by atoms with Gasteiger partial charge in [0.1, 0.15) is 12.1 Å². The van der Waals surface area contributed by atoms with Crippen molar-refractivity contribution in [3.63, 3.8) is 0 Å². The summed E-state index contributed by atoms with van der Waals surface area (Å²) >= 11 is 0. The highest BCUT2D eigenvalue weighted by Crippen LogP contribution is 2.43. The molecule has 4 N–H and O–H groups in total. The molecular formula is C47H90NO9P. The van der Waals surface area contributed by atoms with Gasteiger partial charge in [-0.2, -0.15) is 0 Å². The van der Waals surface area contributed by atoms with Gasteiger partial charge in [-0.05, 0) is 64.2 Å². The molecule has 0 heterocycles. The maximum Gasteiger partial charge on any atom is 0.472 e. The summed E-state index contributed by atoms with van der Waals surface area (Å²) in [7, 11) is -4.62. The van der Waals surface area contributed by atoms with E-state index in [0.717, 1.165) is 51.4 Å². The number of esters is 1. The summed E-state index contributed by atoms with van der Waals surface area (Å²) in [6, 6.07) is -1.47. The van der Waals surface area contributed by atoms with Crippen LogP contribution in [0.2, 0.25) is 0 Å². The number of carbonyl (C=O) groups excluding carboxylic acids is 1. The van der Waals surface area contributed by atoms with Crippen molar-refractivity contribution in [3.8, 4) is 0 Å². The quantitative estimate of drug-likeness (QED) is 0.0233. The molecule has 3 atom stereocenters. The van der Waals surface area contributed by atoms with Crippen molar-refractivity contribution in [2.45, 2.75) is 238 Å². The van der Waals surface area contributed by atoms with Gasteiger partial charge in [-0.25, -0.2) is 4.57 Å². The number of nitrogens with two attached hydrogens (primary N) is 1. The minimum Gasteiger partial charge on any atom is -0.480 e. The van der Waals surface area contributed by atoms with Gasteiger partial charge >= 0.3 is 19.8 Å². The lowest BCUT2D eigenvalue weighted by molar-refractivity contribution is -0.154. The van der Waals surface area contributed by atoms with Gasteiger partial charge in [0, 0.05) is 13.0 Å². The molecule has 0 aromatic heterocycles. The third-order valence-corrected chi connectivity index (χ3v) is 11.4. The fourth-order valence-corrected chi connectivity index (χ4v) is 7.49. The first-order valence-corrected chi connectivity index (χ1v) is 25.4. The Hall–Kier alpha value is -1.55. The number of unbranched alkanes of at least 4 members (excludes halogenated alkanes) is 28. The number of carbonyl (C=O) groups is 2. The molecule has 0 aromatic rings. The molecule has 0 radical (unpaired) electrons. The third-order valence-electron chi connectivity index (χ3n) is 10.5. The van der Waals surface area contributed by atoms with E-state index in [9.17, 15) is 19.0 Å². The van der Waals surface area contributed by atoms with E-state index in [4.69, 9.17) is 29.4 Å². The van der Waals surface area contributed by atoms with Gasteiger partial charge in [0.2, 0.25) is 0 Å². The van der Waals surface area contributed by atoms with Gasteiger partial charge < -0.3 is 25.2 Å². The van der Waals surface area contributed by atoms with Crippen LogP contribution < -0.4 is 5.73 Å². The lowest BCUT2D eigenvalue weighted by Gasteiger charge is -2.20. The Morgan fingerprint density at radius 1 is 0.534 bits per heavy atom. The van der Waals surface area contributed by atoms with Crippen molar-refractivity contribution >= 4 is 19.8 Å². The van der Waals surface area contributed by atoms with Crippen LogP contribution in [0.4, 0.5) is 0 Å². The molecule has 0 amide bonds. The summed E-state index contributed by atoms with van der Waals surface area (Å²) in [6.45, 7) is 3.89. The number of phosphoric ester groups is 1. The van der Waals surface area contributed by atoms with Crippen LogP contribution >= 0.6 is 7.82 Å². The Bertz CT molecular complexity index is 1020. The van der Waals surface area contributed by atoms with Gasteiger partial charge in [0.15, 0.2) is 0 Å². The summed E-state index contributed by atoms with van der Waals surface area (Å²) in [5.41, 5.74) is 5.36. The molecule has 0 saturated carbocycles. The molecule has 0 aliphatic rings. The number of rotatable bonds is 46. The molecule has 0 aromatic carbocycles. The van der Waals surface area contributed by atoms with E-state index in [1.165, 1.54) is 148 Å². The number of allylic oxidation sites excluding steroid dienone is 4. The Balaban J connectivity index is 4.17. The largest absolute Gasteiger partial charge is 0.480 e. The molecule has 0 aliphatic heterocycles. The number of carboxylic acids is 1. The average Bonchev–Trinajstić information content (AvgIpc) is 3.20. The van der Waals surface area contributed by atoms with Crippen molar-refractivity contribution in [2.75, 3.05) is 26.4 Å². The van der Waals surface area contributed by atoms with Gasteiger partial charge in [0.05, 0.1) is 19.8 Å². The summed E-state index contributed by atoms with van der Waals surface area (Å²) in [6.07, 6.45) is 48.0. The summed E-state index contributed by atoms with van der Waals surface area (Å²) in [5, 5.41) is 8.91. The van der Waals surface area contributed by atoms with Crippen molar-refractivity contribution in [1.82, 2.24) is 0 Å². The Morgan fingerprint density at radius 2 is 0.897 bits per heavy atom. The van der Waals surface area contributed by atoms with E-state index in [2.05, 4.69) is 38.2 Å². The maximum atomic E-state index is 12.6. The summed E-state index contributed by atoms with van der Waals surface area (Å²) in [4.78, 5) is 33.6. The first-order valence-electron chi connectivity index (χ1n) is 23.9. The van der Waals surface area contributed by atoms with E-state index in [1.807, 2.05) is 0 Å². The van der Waals surface area contributed by atoms with E-state index in [1.54, 1.807) is 0 Å². The lowest BCUT2D eigenvalue weighted by Crippen LogP contribution is -2.34. The van der Waals surface area contributed by atoms with Gasteiger partial charge in [-0.3, -0.25) is 18.6 Å². The molecule has 11 heteroatoms. The molecule has 0 saturated heterocycles. The molecule has 342 valence electrons. The van der Waals surface area contributed by atoms with Crippen LogP contribution in [0.25, 0.3) is 0 Å². The lowest BCUT2D eigenvalue weighted by atomic mass is 10.1. The number of hydrogen-bond acceptors (Lipinski definition) is 8. The second-order valence-corrected chi connectivity index (χ2v) is 17.7. The topological polar surface area (TPSA) is 155 Å². The Kier molecular flexibility index (Phi) is 42.4. The van der Waals surface area contributed by atoms with E-state index < -0.39 is 45.1 Å². The van der Waals surface area contributed by atoms with Gasteiger partial charge in [0.25, 0.3) is 0 Å². The molecule has 3 unspecified atom stereocenters. The minimum atomic E-state index is -4.62. The molecule has 0 spiro atoms. The highest BCUT2D eigenvalue weighted by molar-refractivity contribution is 7.47. The fourth-order valence-electron chi connectivity index (χ4n) is 6.71.